The van der Waals surface area contributed by atoms with Crippen LogP contribution in [0.25, 0.3) is 5.82 Å². The average molecular weight is 343 g/mol. The summed E-state index contributed by atoms with van der Waals surface area (Å²) >= 11 is 0. The third-order valence-corrected chi connectivity index (χ3v) is 5.52. The van der Waals surface area contributed by atoms with Gasteiger partial charge in [-0.15, -0.1) is 0 Å². The van der Waals surface area contributed by atoms with Gasteiger partial charge in [0.05, 0.1) is 18.4 Å². The molecule has 132 valence electrons. The standard InChI is InChI=1S/C18H22FN5O/c1-13(23-12-18(8-17(23)25)4-6-20-7-5-18)14-2-3-16(21-9-14)24-11-15(19)10-22-24/h2-3,9-11,13,20H,4-8,12H2,1H3/t13-/m0/s1. The highest BCUT2D eigenvalue weighted by Crippen LogP contribution is 2.42. The molecule has 0 aliphatic carbocycles. The zero-order chi connectivity index (χ0) is 17.4. The maximum atomic E-state index is 13.1. The Balaban J connectivity index is 1.50. The number of hydrogen-bond donors (Lipinski definition) is 1. The van der Waals surface area contributed by atoms with Crippen LogP contribution in [-0.2, 0) is 4.79 Å². The van der Waals surface area contributed by atoms with E-state index < -0.39 is 5.82 Å². The molecule has 2 fully saturated rings. The number of piperidine rings is 1. The van der Waals surface area contributed by atoms with E-state index >= 15 is 0 Å². The molecule has 2 aromatic heterocycles. The lowest BCUT2D eigenvalue weighted by Crippen LogP contribution is -2.39. The van der Waals surface area contributed by atoms with Gasteiger partial charge in [0.15, 0.2) is 11.6 Å². The molecule has 6 nitrogen and oxygen atoms in total. The van der Waals surface area contributed by atoms with Gasteiger partial charge in [0, 0.05) is 19.2 Å². The predicted molar refractivity (Wildman–Crippen MR) is 90.6 cm³/mol. The van der Waals surface area contributed by atoms with Gasteiger partial charge < -0.3 is 10.2 Å². The van der Waals surface area contributed by atoms with Crippen LogP contribution in [0.5, 0.6) is 0 Å². The summed E-state index contributed by atoms with van der Waals surface area (Å²) in [4.78, 5) is 18.9. The highest BCUT2D eigenvalue weighted by Gasteiger charge is 2.45. The molecular weight excluding hydrogens is 321 g/mol. The first-order chi connectivity index (χ1) is 12.1. The summed E-state index contributed by atoms with van der Waals surface area (Å²) in [6.45, 7) is 4.85. The molecule has 7 heteroatoms. The number of carbonyl (C=O) groups is 1. The molecule has 0 aromatic carbocycles. The van der Waals surface area contributed by atoms with E-state index in [9.17, 15) is 9.18 Å². The van der Waals surface area contributed by atoms with E-state index in [2.05, 4.69) is 15.4 Å². The van der Waals surface area contributed by atoms with Crippen LogP contribution in [0.1, 0.15) is 37.8 Å². The highest BCUT2D eigenvalue weighted by atomic mass is 19.1. The Morgan fingerprint density at radius 3 is 2.72 bits per heavy atom. The van der Waals surface area contributed by atoms with E-state index in [1.54, 1.807) is 12.3 Å². The molecule has 4 rings (SSSR count). The lowest BCUT2D eigenvalue weighted by atomic mass is 9.78. The first-order valence-electron chi connectivity index (χ1n) is 8.73. The van der Waals surface area contributed by atoms with Crippen molar-refractivity contribution in [2.24, 2.45) is 5.41 Å². The first kappa shape index (κ1) is 16.2. The number of aromatic nitrogens is 3. The smallest absolute Gasteiger partial charge is 0.223 e. The number of nitrogens with zero attached hydrogens (tertiary/aromatic N) is 4. The Bertz CT molecular complexity index is 766. The minimum absolute atomic E-state index is 0.0160. The molecule has 1 spiro atoms. The van der Waals surface area contributed by atoms with Gasteiger partial charge in [0.2, 0.25) is 5.91 Å². The summed E-state index contributed by atoms with van der Waals surface area (Å²) < 4.78 is 14.5. The van der Waals surface area contributed by atoms with Crippen molar-refractivity contribution in [2.45, 2.75) is 32.2 Å². The molecule has 2 aromatic rings. The minimum atomic E-state index is -0.394. The SMILES string of the molecule is C[C@@H](c1ccc(-n2cc(F)cn2)nc1)N1CC2(CCNCC2)CC1=O. The van der Waals surface area contributed by atoms with Crippen LogP contribution in [-0.4, -0.2) is 45.2 Å². The molecule has 25 heavy (non-hydrogen) atoms. The summed E-state index contributed by atoms with van der Waals surface area (Å²) in [7, 11) is 0. The summed E-state index contributed by atoms with van der Waals surface area (Å²) in [5.74, 6) is 0.393. The van der Waals surface area contributed by atoms with Gasteiger partial charge in [0.1, 0.15) is 0 Å². The summed E-state index contributed by atoms with van der Waals surface area (Å²) in [5.41, 5.74) is 1.12. The zero-order valence-electron chi connectivity index (χ0n) is 14.3. The van der Waals surface area contributed by atoms with Crippen molar-refractivity contribution in [3.63, 3.8) is 0 Å². The largest absolute Gasteiger partial charge is 0.335 e. The number of likely N-dealkylation sites (tertiary alicyclic amines) is 1. The summed E-state index contributed by atoms with van der Waals surface area (Å²) in [5, 5.41) is 7.29. The van der Waals surface area contributed by atoms with Crippen LogP contribution in [0.2, 0.25) is 0 Å². The van der Waals surface area contributed by atoms with Crippen LogP contribution in [0.4, 0.5) is 4.39 Å². The molecule has 1 atom stereocenters. The first-order valence-corrected chi connectivity index (χ1v) is 8.73. The van der Waals surface area contributed by atoms with Crippen molar-refractivity contribution in [3.05, 3.63) is 42.1 Å². The van der Waals surface area contributed by atoms with Crippen molar-refractivity contribution in [2.75, 3.05) is 19.6 Å². The number of halogens is 1. The molecule has 4 heterocycles. The summed E-state index contributed by atoms with van der Waals surface area (Å²) in [6, 6.07) is 3.73. The molecule has 0 unspecified atom stereocenters. The van der Waals surface area contributed by atoms with Crippen LogP contribution < -0.4 is 5.32 Å². The predicted octanol–water partition coefficient (Wildman–Crippen LogP) is 2.07. The Hall–Kier alpha value is -2.28. The molecular formula is C18H22FN5O. The van der Waals surface area contributed by atoms with Gasteiger partial charge in [-0.1, -0.05) is 6.07 Å². The second-order valence-electron chi connectivity index (χ2n) is 7.18. The zero-order valence-corrected chi connectivity index (χ0v) is 14.3. The second kappa shape index (κ2) is 6.22. The Morgan fingerprint density at radius 2 is 2.08 bits per heavy atom. The van der Waals surface area contributed by atoms with Crippen molar-refractivity contribution in [1.82, 2.24) is 25.0 Å². The van der Waals surface area contributed by atoms with E-state index in [4.69, 9.17) is 0 Å². The maximum absolute atomic E-state index is 13.1. The van der Waals surface area contributed by atoms with E-state index in [0.717, 1.165) is 44.2 Å². The fourth-order valence-corrected chi connectivity index (χ4v) is 3.96. The fourth-order valence-electron chi connectivity index (χ4n) is 3.96. The third-order valence-electron chi connectivity index (χ3n) is 5.52. The van der Waals surface area contributed by atoms with E-state index in [0.29, 0.717) is 12.2 Å². The van der Waals surface area contributed by atoms with Gasteiger partial charge in [-0.25, -0.2) is 14.1 Å². The lowest BCUT2D eigenvalue weighted by molar-refractivity contribution is -0.129. The van der Waals surface area contributed by atoms with Crippen LogP contribution in [0.3, 0.4) is 0 Å². The number of nitrogens with one attached hydrogen (secondary N) is 1. The normalized spacial score (nSPS) is 21.0. The number of rotatable bonds is 3. The van der Waals surface area contributed by atoms with Crippen LogP contribution >= 0.6 is 0 Å². The molecule has 0 bridgehead atoms. The molecule has 0 saturated carbocycles. The van der Waals surface area contributed by atoms with Crippen molar-refractivity contribution < 1.29 is 9.18 Å². The van der Waals surface area contributed by atoms with Gasteiger partial charge in [-0.05, 0) is 49.9 Å². The Labute approximate surface area is 146 Å². The molecule has 2 aliphatic heterocycles. The minimum Gasteiger partial charge on any atom is -0.335 e. The second-order valence-corrected chi connectivity index (χ2v) is 7.18. The number of pyridine rings is 1. The number of amides is 1. The molecule has 2 aliphatic rings. The maximum Gasteiger partial charge on any atom is 0.223 e. The Kier molecular flexibility index (Phi) is 4.03. The summed E-state index contributed by atoms with van der Waals surface area (Å²) in [6.07, 6.45) is 6.96. The third kappa shape index (κ3) is 3.04. The average Bonchev–Trinajstić information content (AvgIpc) is 3.19. The molecule has 1 amide bonds. The Morgan fingerprint density at radius 1 is 1.28 bits per heavy atom. The quantitative estimate of drug-likeness (QED) is 0.927. The number of carbonyl (C=O) groups excluding carboxylic acids is 1. The van der Waals surface area contributed by atoms with Crippen molar-refractivity contribution >= 4 is 5.91 Å². The monoisotopic (exact) mass is 343 g/mol. The molecule has 1 N–H and O–H groups in total. The topological polar surface area (TPSA) is 63.1 Å². The fraction of sp³-hybridized carbons (Fsp3) is 0.500. The molecule has 2 saturated heterocycles. The van der Waals surface area contributed by atoms with Crippen molar-refractivity contribution in [1.29, 1.82) is 0 Å². The van der Waals surface area contributed by atoms with Gasteiger partial charge in [0.25, 0.3) is 0 Å². The van der Waals surface area contributed by atoms with Gasteiger partial charge in [-0.2, -0.15) is 5.10 Å². The van der Waals surface area contributed by atoms with E-state index in [1.165, 1.54) is 10.9 Å². The highest BCUT2D eigenvalue weighted by molar-refractivity contribution is 5.80. The van der Waals surface area contributed by atoms with E-state index in [1.807, 2.05) is 17.9 Å². The van der Waals surface area contributed by atoms with E-state index in [-0.39, 0.29) is 17.4 Å². The number of hydrogen-bond acceptors (Lipinski definition) is 4. The molecule has 0 radical (unpaired) electrons. The van der Waals surface area contributed by atoms with Crippen molar-refractivity contribution in [3.8, 4) is 5.82 Å². The van der Waals surface area contributed by atoms with Crippen LogP contribution in [0.15, 0.2) is 30.7 Å². The lowest BCUT2D eigenvalue weighted by Gasteiger charge is -2.34. The van der Waals surface area contributed by atoms with Crippen LogP contribution in [0, 0.1) is 11.2 Å². The van der Waals surface area contributed by atoms with Gasteiger partial charge in [-0.3, -0.25) is 4.79 Å². The van der Waals surface area contributed by atoms with Gasteiger partial charge >= 0.3 is 0 Å².